The van der Waals surface area contributed by atoms with Gasteiger partial charge in [0.25, 0.3) is 0 Å². The molecule has 0 saturated heterocycles. The number of rotatable bonds is 6. The first kappa shape index (κ1) is 17.9. The lowest BCUT2D eigenvalue weighted by atomic mass is 10.2. The van der Waals surface area contributed by atoms with Crippen LogP contribution in [0, 0.1) is 10.1 Å². The molecule has 0 atom stereocenters. The number of nitro groups is 1. The molecule has 138 valence electrons. The number of nitrogens with zero attached hydrogens (tertiary/aromatic N) is 1. The van der Waals surface area contributed by atoms with Crippen molar-refractivity contribution in [3.63, 3.8) is 0 Å². The van der Waals surface area contributed by atoms with Crippen molar-refractivity contribution in [2.75, 3.05) is 6.61 Å². The fourth-order valence-electron chi connectivity index (χ4n) is 2.44. The van der Waals surface area contributed by atoms with Gasteiger partial charge in [-0.2, -0.15) is 0 Å². The Morgan fingerprint density at radius 1 is 1.11 bits per heavy atom. The maximum Gasteiger partial charge on any atom is 0.357 e. The standard InChI is InChI=1S/C18H15N3O6/c1-2-26-12-5-3-11(4-6-12)15-10-8-13(27-15)7-9-14-16(21(24)25)17(22)20-18(23)19-14/h3-10H,2H2,1H3,(H2,19,20,22,23)/b9-7+. The summed E-state index contributed by atoms with van der Waals surface area (Å²) < 4.78 is 11.1. The second-order valence-electron chi connectivity index (χ2n) is 5.42. The van der Waals surface area contributed by atoms with E-state index in [2.05, 4.69) is 4.98 Å². The van der Waals surface area contributed by atoms with Gasteiger partial charge in [0, 0.05) is 5.56 Å². The van der Waals surface area contributed by atoms with Gasteiger partial charge in [0.05, 0.1) is 11.5 Å². The van der Waals surface area contributed by atoms with Crippen molar-refractivity contribution >= 4 is 17.8 Å². The van der Waals surface area contributed by atoms with Gasteiger partial charge in [0.2, 0.25) is 0 Å². The highest BCUT2D eigenvalue weighted by Gasteiger charge is 2.18. The first-order valence-electron chi connectivity index (χ1n) is 8.00. The Hall–Kier alpha value is -3.88. The smallest absolute Gasteiger partial charge is 0.357 e. The molecule has 2 heterocycles. The van der Waals surface area contributed by atoms with Crippen LogP contribution in [-0.4, -0.2) is 21.5 Å². The van der Waals surface area contributed by atoms with Gasteiger partial charge in [-0.25, -0.2) is 4.79 Å². The third-order valence-corrected chi connectivity index (χ3v) is 3.62. The van der Waals surface area contributed by atoms with Crippen molar-refractivity contribution in [3.8, 4) is 17.1 Å². The average Bonchev–Trinajstić information content (AvgIpc) is 3.09. The van der Waals surface area contributed by atoms with Gasteiger partial charge >= 0.3 is 16.9 Å². The van der Waals surface area contributed by atoms with Crippen molar-refractivity contribution in [2.24, 2.45) is 0 Å². The Morgan fingerprint density at radius 2 is 1.85 bits per heavy atom. The number of nitrogens with one attached hydrogen (secondary N) is 2. The van der Waals surface area contributed by atoms with E-state index >= 15 is 0 Å². The Balaban J connectivity index is 1.87. The molecule has 0 bridgehead atoms. The first-order chi connectivity index (χ1) is 13.0. The highest BCUT2D eigenvalue weighted by atomic mass is 16.6. The van der Waals surface area contributed by atoms with E-state index in [-0.39, 0.29) is 5.69 Å². The molecule has 0 spiro atoms. The summed E-state index contributed by atoms with van der Waals surface area (Å²) in [5.41, 5.74) is -2.04. The monoisotopic (exact) mass is 369 g/mol. The summed E-state index contributed by atoms with van der Waals surface area (Å²) in [5.74, 6) is 1.74. The molecule has 2 aromatic heterocycles. The fraction of sp³-hybridized carbons (Fsp3) is 0.111. The molecule has 1 aromatic carbocycles. The third kappa shape index (κ3) is 4.03. The lowest BCUT2D eigenvalue weighted by Gasteiger charge is -2.03. The highest BCUT2D eigenvalue weighted by molar-refractivity contribution is 5.71. The predicted octanol–water partition coefficient (Wildman–Crippen LogP) is 2.80. The SMILES string of the molecule is CCOc1ccc(-c2ccc(/C=C/c3[nH]c(=O)[nH]c(=O)c3[N+](=O)[O-])o2)cc1. The summed E-state index contributed by atoms with van der Waals surface area (Å²) in [4.78, 5) is 37.2. The molecule has 0 fully saturated rings. The summed E-state index contributed by atoms with van der Waals surface area (Å²) in [5, 5.41) is 11.0. The van der Waals surface area contributed by atoms with Crippen molar-refractivity contribution < 1.29 is 14.1 Å². The maximum atomic E-state index is 11.6. The summed E-state index contributed by atoms with van der Waals surface area (Å²) in [6, 6.07) is 10.7. The Labute approximate surface area is 152 Å². The number of hydrogen-bond acceptors (Lipinski definition) is 6. The van der Waals surface area contributed by atoms with Crippen LogP contribution in [0.15, 0.2) is 50.4 Å². The largest absolute Gasteiger partial charge is 0.494 e. The van der Waals surface area contributed by atoms with Crippen molar-refractivity contribution in [2.45, 2.75) is 6.92 Å². The van der Waals surface area contributed by atoms with Crippen molar-refractivity contribution in [3.05, 3.63) is 78.8 Å². The first-order valence-corrected chi connectivity index (χ1v) is 8.00. The molecule has 0 aliphatic carbocycles. The summed E-state index contributed by atoms with van der Waals surface area (Å²) in [7, 11) is 0. The van der Waals surface area contributed by atoms with E-state index in [1.165, 1.54) is 12.2 Å². The molecule has 3 aromatic rings. The zero-order valence-corrected chi connectivity index (χ0v) is 14.2. The van der Waals surface area contributed by atoms with Crippen LogP contribution >= 0.6 is 0 Å². The number of hydrogen-bond donors (Lipinski definition) is 2. The van der Waals surface area contributed by atoms with Crippen LogP contribution in [0.1, 0.15) is 18.4 Å². The summed E-state index contributed by atoms with van der Waals surface area (Å²) >= 11 is 0. The lowest BCUT2D eigenvalue weighted by molar-refractivity contribution is -0.386. The predicted molar refractivity (Wildman–Crippen MR) is 98.6 cm³/mol. The molecule has 9 heteroatoms. The van der Waals surface area contributed by atoms with E-state index in [9.17, 15) is 19.7 Å². The second-order valence-corrected chi connectivity index (χ2v) is 5.42. The molecule has 0 aliphatic rings. The third-order valence-electron chi connectivity index (χ3n) is 3.62. The Bertz CT molecular complexity index is 1110. The van der Waals surface area contributed by atoms with E-state index < -0.39 is 21.9 Å². The molecule has 0 saturated carbocycles. The van der Waals surface area contributed by atoms with Crippen LogP contribution in [0.5, 0.6) is 5.75 Å². The van der Waals surface area contributed by atoms with Gasteiger partial charge in [-0.3, -0.25) is 19.9 Å². The van der Waals surface area contributed by atoms with Crippen molar-refractivity contribution in [1.82, 2.24) is 9.97 Å². The van der Waals surface area contributed by atoms with Crippen LogP contribution in [0.4, 0.5) is 5.69 Å². The molecular weight excluding hydrogens is 354 g/mol. The molecule has 0 radical (unpaired) electrons. The van der Waals surface area contributed by atoms with E-state index in [1.807, 2.05) is 36.2 Å². The van der Waals surface area contributed by atoms with Crippen LogP contribution in [0.2, 0.25) is 0 Å². The number of benzene rings is 1. The molecule has 0 amide bonds. The number of aromatic amines is 2. The van der Waals surface area contributed by atoms with Crippen LogP contribution in [0.25, 0.3) is 23.5 Å². The van der Waals surface area contributed by atoms with E-state index in [0.717, 1.165) is 11.3 Å². The molecule has 0 unspecified atom stereocenters. The van der Waals surface area contributed by atoms with E-state index in [1.54, 1.807) is 12.1 Å². The van der Waals surface area contributed by atoms with Gasteiger partial charge < -0.3 is 14.1 Å². The average molecular weight is 369 g/mol. The van der Waals surface area contributed by atoms with Gasteiger partial charge in [-0.05, 0) is 55.5 Å². The van der Waals surface area contributed by atoms with Gasteiger partial charge in [-0.15, -0.1) is 0 Å². The maximum absolute atomic E-state index is 11.6. The highest BCUT2D eigenvalue weighted by Crippen LogP contribution is 2.25. The quantitative estimate of drug-likeness (QED) is 0.507. The van der Waals surface area contributed by atoms with Gasteiger partial charge in [0.1, 0.15) is 23.0 Å². The topological polar surface area (TPSA) is 131 Å². The van der Waals surface area contributed by atoms with Crippen LogP contribution in [-0.2, 0) is 0 Å². The van der Waals surface area contributed by atoms with E-state index in [0.29, 0.717) is 18.1 Å². The number of H-pyrrole nitrogens is 2. The lowest BCUT2D eigenvalue weighted by Crippen LogP contribution is -2.25. The minimum absolute atomic E-state index is 0.215. The zero-order valence-electron chi connectivity index (χ0n) is 14.2. The fourth-order valence-corrected chi connectivity index (χ4v) is 2.44. The van der Waals surface area contributed by atoms with Crippen LogP contribution < -0.4 is 16.0 Å². The summed E-state index contributed by atoms with van der Waals surface area (Å²) in [6.07, 6.45) is 2.67. The molecule has 27 heavy (non-hydrogen) atoms. The molecule has 2 N–H and O–H groups in total. The van der Waals surface area contributed by atoms with Crippen LogP contribution in [0.3, 0.4) is 0 Å². The minimum atomic E-state index is -1.07. The Morgan fingerprint density at radius 3 is 2.52 bits per heavy atom. The van der Waals surface area contributed by atoms with E-state index in [4.69, 9.17) is 9.15 Å². The van der Waals surface area contributed by atoms with Gasteiger partial charge in [-0.1, -0.05) is 0 Å². The molecular formula is C18H15N3O6. The second kappa shape index (κ2) is 7.56. The summed E-state index contributed by atoms with van der Waals surface area (Å²) in [6.45, 7) is 2.47. The van der Waals surface area contributed by atoms with Gasteiger partial charge in [0.15, 0.2) is 0 Å². The number of furan rings is 1. The van der Waals surface area contributed by atoms with Crippen molar-refractivity contribution in [1.29, 1.82) is 0 Å². The molecule has 3 rings (SSSR count). The zero-order chi connectivity index (χ0) is 19.4. The minimum Gasteiger partial charge on any atom is -0.494 e. The number of aromatic nitrogens is 2. The number of ether oxygens (including phenoxy) is 1. The normalized spacial score (nSPS) is 11.0. The molecule has 9 nitrogen and oxygen atoms in total. The Kier molecular flexibility index (Phi) is 5.02. The molecule has 0 aliphatic heterocycles.